The van der Waals surface area contributed by atoms with Crippen LogP contribution < -0.4 is 5.32 Å². The van der Waals surface area contributed by atoms with E-state index in [0.717, 1.165) is 23.0 Å². The molecule has 3 aromatic rings. The second kappa shape index (κ2) is 8.82. The molecule has 1 aromatic carbocycles. The number of piperidine rings is 1. The average Bonchev–Trinajstić information content (AvgIpc) is 3.35. The minimum absolute atomic E-state index is 0.0104. The first-order valence-electron chi connectivity index (χ1n) is 10.3. The summed E-state index contributed by atoms with van der Waals surface area (Å²) in [6, 6.07) is 12.9. The van der Waals surface area contributed by atoms with Gasteiger partial charge in [-0.1, -0.05) is 42.3 Å². The summed E-state index contributed by atoms with van der Waals surface area (Å²) < 4.78 is 0. The first kappa shape index (κ1) is 20.3. The number of nitrogens with zero attached hydrogens (tertiary/aromatic N) is 1. The predicted octanol–water partition coefficient (Wildman–Crippen LogP) is 6.56. The van der Waals surface area contributed by atoms with Gasteiger partial charge in [0, 0.05) is 10.4 Å². The van der Waals surface area contributed by atoms with Gasteiger partial charge in [0.2, 0.25) is 0 Å². The lowest BCUT2D eigenvalue weighted by molar-refractivity contribution is 0.103. The van der Waals surface area contributed by atoms with E-state index in [1.807, 2.05) is 17.5 Å². The lowest BCUT2D eigenvalue weighted by Crippen LogP contribution is -2.35. The van der Waals surface area contributed by atoms with E-state index in [9.17, 15) is 4.79 Å². The van der Waals surface area contributed by atoms with E-state index in [1.165, 1.54) is 57.7 Å². The zero-order valence-electron chi connectivity index (χ0n) is 17.3. The molecule has 3 heterocycles. The van der Waals surface area contributed by atoms with Crippen LogP contribution in [-0.2, 0) is 0 Å². The summed E-state index contributed by atoms with van der Waals surface area (Å²) in [6.07, 6.45) is 3.78. The molecule has 0 bridgehead atoms. The Morgan fingerprint density at radius 1 is 1.03 bits per heavy atom. The third-order valence-electron chi connectivity index (χ3n) is 5.83. The van der Waals surface area contributed by atoms with Gasteiger partial charge in [-0.25, -0.2) is 0 Å². The van der Waals surface area contributed by atoms with E-state index >= 15 is 0 Å². The summed E-state index contributed by atoms with van der Waals surface area (Å²) in [5.41, 5.74) is 5.15. The molecule has 29 heavy (non-hydrogen) atoms. The van der Waals surface area contributed by atoms with Crippen LogP contribution in [0.25, 0.3) is 0 Å². The summed E-state index contributed by atoms with van der Waals surface area (Å²) in [7, 11) is 0. The van der Waals surface area contributed by atoms with Gasteiger partial charge < -0.3 is 5.32 Å². The predicted molar refractivity (Wildman–Crippen MR) is 125 cm³/mol. The monoisotopic (exact) mass is 424 g/mol. The van der Waals surface area contributed by atoms with Crippen LogP contribution in [0.5, 0.6) is 0 Å². The van der Waals surface area contributed by atoms with Crippen molar-refractivity contribution in [3.05, 3.63) is 73.8 Å². The molecule has 152 valence electrons. The van der Waals surface area contributed by atoms with Crippen LogP contribution in [-0.4, -0.2) is 23.9 Å². The molecule has 1 aliphatic rings. The number of carbonyl (C=O) groups excluding carboxylic acids is 1. The van der Waals surface area contributed by atoms with Crippen LogP contribution in [0.15, 0.2) is 41.8 Å². The van der Waals surface area contributed by atoms with Gasteiger partial charge in [-0.05, 0) is 69.3 Å². The molecule has 2 aromatic heterocycles. The third kappa shape index (κ3) is 4.32. The van der Waals surface area contributed by atoms with Gasteiger partial charge in [0.1, 0.15) is 5.00 Å². The van der Waals surface area contributed by atoms with Crippen molar-refractivity contribution in [1.82, 2.24) is 4.90 Å². The van der Waals surface area contributed by atoms with Gasteiger partial charge in [-0.15, -0.1) is 22.7 Å². The quantitative estimate of drug-likeness (QED) is 0.503. The molecule has 4 rings (SSSR count). The number of likely N-dealkylation sites (tertiary alicyclic amines) is 1. The average molecular weight is 425 g/mol. The molecule has 1 amide bonds. The fourth-order valence-electron chi connectivity index (χ4n) is 4.12. The van der Waals surface area contributed by atoms with Crippen LogP contribution in [0.1, 0.15) is 62.1 Å². The Balaban J connectivity index is 1.77. The molecule has 0 radical (unpaired) electrons. The Morgan fingerprint density at radius 2 is 1.76 bits per heavy atom. The molecule has 1 N–H and O–H groups in total. The highest BCUT2D eigenvalue weighted by Crippen LogP contribution is 2.43. The first-order chi connectivity index (χ1) is 14.0. The Kier molecular flexibility index (Phi) is 6.18. The number of anilines is 1. The second-order valence-electron chi connectivity index (χ2n) is 7.87. The second-order valence-corrected chi connectivity index (χ2v) is 10.0. The van der Waals surface area contributed by atoms with Gasteiger partial charge in [-0.3, -0.25) is 9.69 Å². The lowest BCUT2D eigenvalue weighted by atomic mass is 9.92. The molecule has 1 fully saturated rings. The van der Waals surface area contributed by atoms with E-state index in [1.54, 1.807) is 11.3 Å². The molecule has 5 heteroatoms. The summed E-state index contributed by atoms with van der Waals surface area (Å²) in [5, 5.41) is 6.18. The molecule has 0 aliphatic carbocycles. The molecule has 1 aliphatic heterocycles. The SMILES string of the molecule is Cc1ccc([C@H](c2c(NC(=O)c3cccs3)sc(C)c2C)N2CCCCC2)cc1. The fraction of sp³-hybridized carbons (Fsp3) is 0.375. The maximum Gasteiger partial charge on any atom is 0.266 e. The van der Waals surface area contributed by atoms with Crippen molar-refractivity contribution in [2.45, 2.75) is 46.1 Å². The number of carbonyl (C=O) groups is 1. The van der Waals surface area contributed by atoms with Crippen molar-refractivity contribution >= 4 is 33.6 Å². The van der Waals surface area contributed by atoms with E-state index < -0.39 is 0 Å². The van der Waals surface area contributed by atoms with Crippen molar-refractivity contribution in [1.29, 1.82) is 0 Å². The van der Waals surface area contributed by atoms with Crippen LogP contribution in [0, 0.1) is 20.8 Å². The van der Waals surface area contributed by atoms with Gasteiger partial charge in [-0.2, -0.15) is 0 Å². The van der Waals surface area contributed by atoms with E-state index in [-0.39, 0.29) is 11.9 Å². The highest BCUT2D eigenvalue weighted by atomic mass is 32.1. The largest absolute Gasteiger partial charge is 0.313 e. The minimum Gasteiger partial charge on any atom is -0.313 e. The van der Waals surface area contributed by atoms with Gasteiger partial charge >= 0.3 is 0 Å². The van der Waals surface area contributed by atoms with Crippen molar-refractivity contribution in [3.8, 4) is 0 Å². The van der Waals surface area contributed by atoms with Crippen molar-refractivity contribution in [2.24, 2.45) is 0 Å². The Hall–Kier alpha value is -1.95. The lowest BCUT2D eigenvalue weighted by Gasteiger charge is -2.36. The topological polar surface area (TPSA) is 32.3 Å². The number of aryl methyl sites for hydroxylation is 2. The van der Waals surface area contributed by atoms with E-state index in [4.69, 9.17) is 0 Å². The van der Waals surface area contributed by atoms with E-state index in [0.29, 0.717) is 0 Å². The maximum atomic E-state index is 12.8. The number of hydrogen-bond donors (Lipinski definition) is 1. The van der Waals surface area contributed by atoms with Crippen LogP contribution in [0.3, 0.4) is 0 Å². The number of amides is 1. The number of hydrogen-bond acceptors (Lipinski definition) is 4. The van der Waals surface area contributed by atoms with Gasteiger partial charge in [0.25, 0.3) is 5.91 Å². The summed E-state index contributed by atoms with van der Waals surface area (Å²) in [4.78, 5) is 17.4. The number of benzene rings is 1. The highest BCUT2D eigenvalue weighted by Gasteiger charge is 2.30. The molecular formula is C24H28N2OS2. The van der Waals surface area contributed by atoms with Crippen molar-refractivity contribution < 1.29 is 4.79 Å². The summed E-state index contributed by atoms with van der Waals surface area (Å²) >= 11 is 3.19. The molecular weight excluding hydrogens is 396 g/mol. The van der Waals surface area contributed by atoms with E-state index in [2.05, 4.69) is 55.3 Å². The number of rotatable bonds is 5. The minimum atomic E-state index is -0.0104. The van der Waals surface area contributed by atoms with Crippen LogP contribution >= 0.6 is 22.7 Å². The first-order valence-corrected chi connectivity index (χ1v) is 12.0. The standard InChI is InChI=1S/C24H28N2OS2/c1-16-9-11-19(12-10-16)22(26-13-5-4-6-14-26)21-17(2)18(3)29-24(21)25-23(27)20-8-7-15-28-20/h7-12,15,22H,4-6,13-14H2,1-3H3,(H,25,27)/t22-/m1/s1. The number of thiophene rings is 2. The van der Waals surface area contributed by atoms with Crippen molar-refractivity contribution in [2.75, 3.05) is 18.4 Å². The molecule has 1 saturated heterocycles. The number of nitrogens with one attached hydrogen (secondary N) is 1. The van der Waals surface area contributed by atoms with Crippen molar-refractivity contribution in [3.63, 3.8) is 0 Å². The Bertz CT molecular complexity index is 967. The van der Waals surface area contributed by atoms with Crippen LogP contribution in [0.2, 0.25) is 0 Å². The zero-order valence-corrected chi connectivity index (χ0v) is 19.0. The molecule has 0 unspecified atom stereocenters. The Morgan fingerprint density at radius 3 is 2.41 bits per heavy atom. The molecule has 0 saturated carbocycles. The maximum absolute atomic E-state index is 12.8. The smallest absolute Gasteiger partial charge is 0.266 e. The summed E-state index contributed by atoms with van der Waals surface area (Å²) in [5.74, 6) is -0.0104. The molecule has 0 spiro atoms. The zero-order chi connectivity index (χ0) is 20.4. The Labute approximate surface area is 181 Å². The van der Waals surface area contributed by atoms with Crippen LogP contribution in [0.4, 0.5) is 5.00 Å². The third-order valence-corrected chi connectivity index (χ3v) is 7.83. The summed E-state index contributed by atoms with van der Waals surface area (Å²) in [6.45, 7) is 8.70. The fourth-order valence-corrected chi connectivity index (χ4v) is 5.83. The molecule has 1 atom stereocenters. The highest BCUT2D eigenvalue weighted by molar-refractivity contribution is 7.17. The molecule has 3 nitrogen and oxygen atoms in total. The normalized spacial score (nSPS) is 16.0. The van der Waals surface area contributed by atoms with Gasteiger partial charge in [0.15, 0.2) is 0 Å². The van der Waals surface area contributed by atoms with Gasteiger partial charge in [0.05, 0.1) is 10.9 Å².